The number of anilines is 1. The van der Waals surface area contributed by atoms with Crippen molar-refractivity contribution in [3.63, 3.8) is 0 Å². The fourth-order valence-electron chi connectivity index (χ4n) is 2.56. The van der Waals surface area contributed by atoms with E-state index in [1.165, 1.54) is 6.07 Å². The molecule has 0 amide bonds. The minimum Gasteiger partial charge on any atom is -0.386 e. The van der Waals surface area contributed by atoms with Crippen molar-refractivity contribution >= 4 is 32.7 Å². The first-order valence-electron chi connectivity index (χ1n) is 7.80. The molecule has 0 aliphatic carbocycles. The average Bonchev–Trinajstić information content (AvgIpc) is 2.61. The molecule has 1 aromatic heterocycles. The van der Waals surface area contributed by atoms with Crippen molar-refractivity contribution in [1.29, 1.82) is 0 Å². The number of hydrogen-bond donors (Lipinski definition) is 2. The third kappa shape index (κ3) is 3.96. The Morgan fingerprint density at radius 1 is 1.04 bits per heavy atom. The third-order valence-electron chi connectivity index (χ3n) is 3.91. The van der Waals surface area contributed by atoms with Crippen LogP contribution >= 0.6 is 15.9 Å². The zero-order valence-electron chi connectivity index (χ0n) is 13.6. The monoisotopic (exact) mass is 425 g/mol. The van der Waals surface area contributed by atoms with E-state index in [0.717, 1.165) is 4.47 Å². The Kier molecular flexibility index (Phi) is 5.15. The number of hydrogen-bond acceptors (Lipinski definition) is 4. The van der Waals surface area contributed by atoms with Gasteiger partial charge in [0.1, 0.15) is 5.82 Å². The zero-order valence-corrected chi connectivity index (χ0v) is 15.2. The van der Waals surface area contributed by atoms with E-state index in [4.69, 9.17) is 0 Å². The van der Waals surface area contributed by atoms with Crippen molar-refractivity contribution in [3.05, 3.63) is 64.4 Å². The van der Waals surface area contributed by atoms with Crippen molar-refractivity contribution in [2.24, 2.45) is 0 Å². The van der Waals surface area contributed by atoms with Crippen LogP contribution in [0.4, 0.5) is 19.0 Å². The van der Waals surface area contributed by atoms with Crippen LogP contribution in [0, 0.1) is 0 Å². The molecule has 0 spiro atoms. The minimum atomic E-state index is -4.66. The molecule has 8 heteroatoms. The maximum atomic E-state index is 13.1. The lowest BCUT2D eigenvalue weighted by Crippen LogP contribution is -2.25. The van der Waals surface area contributed by atoms with E-state index in [9.17, 15) is 18.3 Å². The van der Waals surface area contributed by atoms with Gasteiger partial charge in [-0.1, -0.05) is 40.2 Å². The van der Waals surface area contributed by atoms with Crippen LogP contribution in [0.2, 0.25) is 0 Å². The highest BCUT2D eigenvalue weighted by molar-refractivity contribution is 9.10. The summed E-state index contributed by atoms with van der Waals surface area (Å²) < 4.78 is 40.1. The van der Waals surface area contributed by atoms with Gasteiger partial charge in [-0.05, 0) is 36.8 Å². The number of benzene rings is 2. The molecule has 3 aromatic rings. The largest absolute Gasteiger partial charge is 0.451 e. The summed E-state index contributed by atoms with van der Waals surface area (Å²) in [7, 11) is 0. The highest BCUT2D eigenvalue weighted by Gasteiger charge is 2.35. The highest BCUT2D eigenvalue weighted by atomic mass is 79.9. The van der Waals surface area contributed by atoms with Gasteiger partial charge in [-0.2, -0.15) is 13.2 Å². The lowest BCUT2D eigenvalue weighted by molar-refractivity contribution is -0.144. The van der Waals surface area contributed by atoms with Crippen molar-refractivity contribution in [2.45, 2.75) is 25.2 Å². The van der Waals surface area contributed by atoms with Crippen LogP contribution in [-0.4, -0.2) is 21.1 Å². The molecule has 26 heavy (non-hydrogen) atoms. The van der Waals surface area contributed by atoms with Crippen LogP contribution < -0.4 is 5.32 Å². The molecule has 0 aliphatic heterocycles. The molecule has 2 aromatic carbocycles. The first-order chi connectivity index (χ1) is 12.3. The molecule has 2 atom stereocenters. The second kappa shape index (κ2) is 7.20. The molecule has 0 aliphatic rings. The Hall–Kier alpha value is -2.19. The van der Waals surface area contributed by atoms with Gasteiger partial charge in [-0.3, -0.25) is 0 Å². The summed E-state index contributed by atoms with van der Waals surface area (Å²) in [5.74, 6) is -1.18. The van der Waals surface area contributed by atoms with Crippen molar-refractivity contribution in [3.8, 4) is 0 Å². The molecular weight excluding hydrogens is 411 g/mol. The standard InChI is InChI=1S/C18H15BrF3N3O/c1-10(15(26)11-6-8-12(19)9-7-11)23-16-13-4-2-3-5-14(13)24-17(25-16)18(20,21)22/h2-10,15,26H,1H3,(H,23,24,25)/t10-,15-/m0/s1. The number of fused-ring (bicyclic) bond motifs is 1. The van der Waals surface area contributed by atoms with Crippen LogP contribution in [0.5, 0.6) is 0 Å². The van der Waals surface area contributed by atoms with Gasteiger partial charge in [0.25, 0.3) is 0 Å². The summed E-state index contributed by atoms with van der Waals surface area (Å²) in [6.45, 7) is 1.68. The fraction of sp³-hybridized carbons (Fsp3) is 0.222. The van der Waals surface area contributed by atoms with Crippen molar-refractivity contribution < 1.29 is 18.3 Å². The fourth-order valence-corrected chi connectivity index (χ4v) is 2.82. The van der Waals surface area contributed by atoms with Crippen LogP contribution in [0.15, 0.2) is 53.0 Å². The number of para-hydroxylation sites is 1. The molecule has 1 heterocycles. The SMILES string of the molecule is C[C@H](Nc1nc(C(F)(F)F)nc2ccccc12)[C@H](O)c1ccc(Br)cc1. The molecule has 0 bridgehead atoms. The van der Waals surface area contributed by atoms with E-state index in [-0.39, 0.29) is 11.3 Å². The summed E-state index contributed by atoms with van der Waals surface area (Å²) in [6.07, 6.45) is -5.58. The van der Waals surface area contributed by atoms with Gasteiger partial charge < -0.3 is 10.4 Å². The van der Waals surface area contributed by atoms with Crippen LogP contribution in [0.25, 0.3) is 10.9 Å². The number of rotatable bonds is 4. The van der Waals surface area contributed by atoms with Gasteiger partial charge in [0.2, 0.25) is 5.82 Å². The lowest BCUT2D eigenvalue weighted by atomic mass is 10.0. The van der Waals surface area contributed by atoms with Gasteiger partial charge in [0.15, 0.2) is 0 Å². The lowest BCUT2D eigenvalue weighted by Gasteiger charge is -2.22. The number of aliphatic hydroxyl groups is 1. The molecule has 3 rings (SSSR count). The quantitative estimate of drug-likeness (QED) is 0.620. The summed E-state index contributed by atoms with van der Waals surface area (Å²) in [4.78, 5) is 7.22. The topological polar surface area (TPSA) is 58.0 Å². The predicted molar refractivity (Wildman–Crippen MR) is 96.7 cm³/mol. The number of halogens is 4. The maximum Gasteiger partial charge on any atom is 0.451 e. The summed E-state index contributed by atoms with van der Waals surface area (Å²) >= 11 is 3.32. The van der Waals surface area contributed by atoms with Crippen LogP contribution in [0.3, 0.4) is 0 Å². The Balaban J connectivity index is 1.95. The smallest absolute Gasteiger partial charge is 0.386 e. The van der Waals surface area contributed by atoms with E-state index in [0.29, 0.717) is 10.9 Å². The van der Waals surface area contributed by atoms with Gasteiger partial charge >= 0.3 is 6.18 Å². The van der Waals surface area contributed by atoms with E-state index in [1.54, 1.807) is 49.4 Å². The number of alkyl halides is 3. The Bertz CT molecular complexity index is 916. The second-order valence-corrected chi connectivity index (χ2v) is 6.76. The number of nitrogens with one attached hydrogen (secondary N) is 1. The Morgan fingerprint density at radius 2 is 1.69 bits per heavy atom. The first kappa shape index (κ1) is 18.6. The second-order valence-electron chi connectivity index (χ2n) is 5.84. The van der Waals surface area contributed by atoms with Gasteiger partial charge in [0, 0.05) is 9.86 Å². The van der Waals surface area contributed by atoms with E-state index >= 15 is 0 Å². The minimum absolute atomic E-state index is 0.0339. The zero-order chi connectivity index (χ0) is 18.9. The third-order valence-corrected chi connectivity index (χ3v) is 4.43. The summed E-state index contributed by atoms with van der Waals surface area (Å²) in [5, 5.41) is 13.9. The van der Waals surface area contributed by atoms with E-state index in [1.807, 2.05) is 0 Å². The van der Waals surface area contributed by atoms with E-state index < -0.39 is 24.1 Å². The number of nitrogens with zero attached hydrogens (tertiary/aromatic N) is 2. The van der Waals surface area contributed by atoms with Gasteiger partial charge in [0.05, 0.1) is 17.7 Å². The first-order valence-corrected chi connectivity index (χ1v) is 8.59. The highest BCUT2D eigenvalue weighted by Crippen LogP contribution is 2.31. The summed E-state index contributed by atoms with van der Waals surface area (Å²) in [5.41, 5.74) is 0.824. The normalized spacial score (nSPS) is 14.2. The Labute approximate surface area is 156 Å². The summed E-state index contributed by atoms with van der Waals surface area (Å²) in [6, 6.07) is 12.9. The molecule has 2 N–H and O–H groups in total. The molecule has 0 fully saturated rings. The van der Waals surface area contributed by atoms with Crippen LogP contribution in [-0.2, 0) is 6.18 Å². The molecule has 0 saturated heterocycles. The number of aromatic nitrogens is 2. The molecule has 136 valence electrons. The molecule has 0 saturated carbocycles. The Morgan fingerprint density at radius 3 is 2.35 bits per heavy atom. The average molecular weight is 426 g/mol. The maximum absolute atomic E-state index is 13.1. The van der Waals surface area contributed by atoms with Crippen LogP contribution in [0.1, 0.15) is 24.4 Å². The van der Waals surface area contributed by atoms with E-state index in [2.05, 4.69) is 31.2 Å². The molecular formula is C18H15BrF3N3O. The molecule has 0 radical (unpaired) electrons. The van der Waals surface area contributed by atoms with Crippen molar-refractivity contribution in [2.75, 3.05) is 5.32 Å². The number of aliphatic hydroxyl groups excluding tert-OH is 1. The van der Waals surface area contributed by atoms with Crippen molar-refractivity contribution in [1.82, 2.24) is 9.97 Å². The molecule has 0 unspecified atom stereocenters. The van der Waals surface area contributed by atoms with Gasteiger partial charge in [-0.15, -0.1) is 0 Å². The van der Waals surface area contributed by atoms with Gasteiger partial charge in [-0.25, -0.2) is 9.97 Å². The predicted octanol–water partition coefficient (Wildman–Crippen LogP) is 4.95. The molecule has 4 nitrogen and oxygen atoms in total.